The van der Waals surface area contributed by atoms with E-state index in [9.17, 15) is 41.1 Å². The SMILES string of the molecule is [C-]#[N+]c1ccc(N2C(=O)N(C)[C@H]3C=C(c4ccc(C(=O)NC)c(F)c4)CC[C@H]32)cc1C.[C-]#[N+]c1ccc(N2C(=O)N(C)[C@H]3C=C(c4ccc(C(=O)NC)c(F)c4)CC[C@H]32)cc1C(F)(F)F. The van der Waals surface area contributed by atoms with Crippen molar-refractivity contribution in [3.8, 4) is 0 Å². The van der Waals surface area contributed by atoms with Crippen molar-refractivity contribution in [2.45, 2.75) is 63.0 Å². The van der Waals surface area contributed by atoms with Crippen LogP contribution in [0.15, 0.2) is 84.9 Å². The second-order valence-electron chi connectivity index (χ2n) is 16.0. The molecule has 4 aromatic rings. The van der Waals surface area contributed by atoms with Crippen molar-refractivity contribution in [2.75, 3.05) is 38.0 Å². The van der Waals surface area contributed by atoms with Crippen molar-refractivity contribution in [2.24, 2.45) is 0 Å². The smallest absolute Gasteiger partial charge is 0.355 e. The summed E-state index contributed by atoms with van der Waals surface area (Å²) < 4.78 is 69.3. The summed E-state index contributed by atoms with van der Waals surface area (Å²) >= 11 is 0. The van der Waals surface area contributed by atoms with Crippen molar-refractivity contribution < 1.29 is 41.1 Å². The van der Waals surface area contributed by atoms with E-state index in [4.69, 9.17) is 13.1 Å². The zero-order valence-corrected chi connectivity index (χ0v) is 35.9. The zero-order chi connectivity index (χ0) is 47.1. The van der Waals surface area contributed by atoms with Crippen LogP contribution in [-0.4, -0.2) is 86.0 Å². The quantitative estimate of drug-likeness (QED) is 0.148. The molecule has 4 aliphatic rings. The number of halogens is 5. The molecular weight excluding hydrogens is 848 g/mol. The fraction of sp³-hybridized carbons (Fsp3) is 0.292. The van der Waals surface area contributed by atoms with E-state index in [-0.39, 0.29) is 34.9 Å². The highest BCUT2D eigenvalue weighted by Gasteiger charge is 2.47. The molecule has 2 N–H and O–H groups in total. The number of benzene rings is 4. The molecule has 2 fully saturated rings. The first-order chi connectivity index (χ1) is 30.9. The van der Waals surface area contributed by atoms with E-state index in [1.54, 1.807) is 42.1 Å². The van der Waals surface area contributed by atoms with Gasteiger partial charge in [0, 0.05) is 39.6 Å². The van der Waals surface area contributed by atoms with E-state index >= 15 is 0 Å². The van der Waals surface area contributed by atoms with E-state index in [0.29, 0.717) is 30.5 Å². The standard InChI is InChI=1S/C24H20F4N4O2.C24H23FN4O2/c1-29-19-8-6-15(12-17(19)24(26,27)28)32-20-9-5-14(11-21(20)31(3)23(32)34)13-4-7-16(18(25)10-13)22(33)30-2;1-14-11-17(7-9-20(14)26-2)29-21-10-6-16(13-22(21)28(4)24(29)31)15-5-8-18(19(25)12-15)23(30)27-3/h4,6-8,10-12,20-21H,5,9H2,2-3H3,(H,30,33);5,7-9,11-13,21-22H,6,10H2,1,3-4H3,(H,27,30)/t20-,21+;21-,22+/m11/s1. The van der Waals surface area contributed by atoms with Gasteiger partial charge < -0.3 is 20.4 Å². The maximum Gasteiger partial charge on any atom is 0.407 e. The molecule has 6 amide bonds. The van der Waals surface area contributed by atoms with Crippen molar-refractivity contribution in [3.63, 3.8) is 0 Å². The fourth-order valence-electron chi connectivity index (χ4n) is 9.00. The largest absolute Gasteiger partial charge is 0.407 e. The van der Waals surface area contributed by atoms with E-state index in [1.165, 1.54) is 54.2 Å². The number of urea groups is 2. The molecule has 334 valence electrons. The first-order valence-corrected chi connectivity index (χ1v) is 20.6. The van der Waals surface area contributed by atoms with Gasteiger partial charge >= 0.3 is 18.2 Å². The highest BCUT2D eigenvalue weighted by atomic mass is 19.4. The number of carbonyl (C=O) groups is 4. The monoisotopic (exact) mass is 890 g/mol. The normalized spacial score (nSPS) is 20.1. The molecule has 2 aliphatic heterocycles. The molecule has 0 saturated carbocycles. The van der Waals surface area contributed by atoms with Crippen molar-refractivity contribution >= 4 is 57.8 Å². The topological polar surface area (TPSA) is 114 Å². The number of nitrogens with zero attached hydrogens (tertiary/aromatic N) is 6. The molecule has 0 unspecified atom stereocenters. The summed E-state index contributed by atoms with van der Waals surface area (Å²) in [7, 11) is 6.21. The van der Waals surface area contributed by atoms with Gasteiger partial charge in [0.1, 0.15) is 11.6 Å². The third-order valence-electron chi connectivity index (χ3n) is 12.4. The lowest BCUT2D eigenvalue weighted by molar-refractivity contribution is -0.136. The van der Waals surface area contributed by atoms with Crippen LogP contribution in [-0.2, 0) is 6.18 Å². The number of amides is 6. The molecule has 4 aromatic carbocycles. The van der Waals surface area contributed by atoms with E-state index < -0.39 is 59.0 Å². The Hall–Kier alpha value is -7.53. The lowest BCUT2D eigenvalue weighted by atomic mass is 9.87. The van der Waals surface area contributed by atoms with Gasteiger partial charge in [-0.15, -0.1) is 0 Å². The van der Waals surface area contributed by atoms with Gasteiger partial charge in [-0.05, 0) is 109 Å². The predicted molar refractivity (Wildman–Crippen MR) is 236 cm³/mol. The Morgan fingerprint density at radius 1 is 0.662 bits per heavy atom. The van der Waals surface area contributed by atoms with Crippen LogP contribution in [0.1, 0.15) is 68.7 Å². The molecule has 0 radical (unpaired) electrons. The summed E-state index contributed by atoms with van der Waals surface area (Å²) in [6.45, 7) is 16.1. The molecule has 0 bridgehead atoms. The summed E-state index contributed by atoms with van der Waals surface area (Å²) in [5.41, 5.74) is 3.63. The average Bonchev–Trinajstić information content (AvgIpc) is 3.70. The Balaban J connectivity index is 0.000000195. The Morgan fingerprint density at radius 2 is 1.09 bits per heavy atom. The van der Waals surface area contributed by atoms with E-state index in [2.05, 4.69) is 20.3 Å². The summed E-state index contributed by atoms with van der Waals surface area (Å²) in [6.07, 6.45) is 1.45. The van der Waals surface area contributed by atoms with Crippen LogP contribution in [0.25, 0.3) is 20.8 Å². The molecular formula is C48H43F5N8O4. The predicted octanol–water partition coefficient (Wildman–Crippen LogP) is 9.77. The number of alkyl halides is 3. The van der Waals surface area contributed by atoms with Crippen molar-refractivity contribution in [1.29, 1.82) is 0 Å². The van der Waals surface area contributed by atoms with Crippen LogP contribution in [0.5, 0.6) is 0 Å². The van der Waals surface area contributed by atoms with Gasteiger partial charge in [-0.2, -0.15) is 13.2 Å². The molecule has 12 nitrogen and oxygen atoms in total. The van der Waals surface area contributed by atoms with Crippen LogP contribution in [0.2, 0.25) is 0 Å². The molecule has 2 heterocycles. The van der Waals surface area contributed by atoms with Crippen LogP contribution in [0, 0.1) is 31.7 Å². The molecule has 2 saturated heterocycles. The van der Waals surface area contributed by atoms with Gasteiger partial charge in [0.15, 0.2) is 11.4 Å². The number of allylic oxidation sites excluding steroid dienone is 2. The van der Waals surface area contributed by atoms with Gasteiger partial charge in [0.05, 0.1) is 54.0 Å². The van der Waals surface area contributed by atoms with Crippen LogP contribution in [0.4, 0.5) is 54.3 Å². The first-order valence-electron chi connectivity index (χ1n) is 20.6. The van der Waals surface area contributed by atoms with Gasteiger partial charge in [-0.3, -0.25) is 19.4 Å². The average molecular weight is 891 g/mol. The van der Waals surface area contributed by atoms with Gasteiger partial charge in [-0.25, -0.2) is 28.1 Å². The summed E-state index contributed by atoms with van der Waals surface area (Å²) in [6, 6.07) is 16.1. The summed E-state index contributed by atoms with van der Waals surface area (Å²) in [4.78, 5) is 62.3. The minimum Gasteiger partial charge on any atom is -0.355 e. The van der Waals surface area contributed by atoms with Crippen molar-refractivity contribution in [3.05, 3.63) is 153 Å². The number of carbonyl (C=O) groups excluding carboxylic acids is 4. The molecule has 65 heavy (non-hydrogen) atoms. The van der Waals surface area contributed by atoms with Crippen LogP contribution in [0.3, 0.4) is 0 Å². The molecule has 4 atom stereocenters. The number of fused-ring (bicyclic) bond motifs is 2. The molecule has 0 aromatic heterocycles. The molecule has 8 rings (SSSR count). The number of hydrogen-bond acceptors (Lipinski definition) is 4. The minimum absolute atomic E-state index is 0.0121. The summed E-state index contributed by atoms with van der Waals surface area (Å²) in [5, 5.41) is 4.81. The number of aryl methyl sites for hydroxylation is 1. The second kappa shape index (κ2) is 17.9. The third-order valence-corrected chi connectivity index (χ3v) is 12.4. The van der Waals surface area contributed by atoms with Gasteiger partial charge in [-0.1, -0.05) is 36.4 Å². The number of anilines is 2. The molecule has 2 aliphatic carbocycles. The number of likely N-dealkylation sites (N-methyl/N-ethyl adjacent to an activating group) is 2. The lowest BCUT2D eigenvalue weighted by Gasteiger charge is -2.30. The fourth-order valence-corrected chi connectivity index (χ4v) is 9.00. The maximum absolute atomic E-state index is 14.5. The number of nitrogens with one attached hydrogen (secondary N) is 2. The Morgan fingerprint density at radius 3 is 1.48 bits per heavy atom. The van der Waals surface area contributed by atoms with E-state index in [0.717, 1.165) is 46.5 Å². The molecule has 17 heteroatoms. The van der Waals surface area contributed by atoms with Crippen LogP contribution < -0.4 is 20.4 Å². The minimum atomic E-state index is -4.73. The highest BCUT2D eigenvalue weighted by molar-refractivity contribution is 5.99. The Kier molecular flexibility index (Phi) is 12.5. The second-order valence-corrected chi connectivity index (χ2v) is 16.0. The maximum atomic E-state index is 14.5. The zero-order valence-electron chi connectivity index (χ0n) is 35.9. The number of rotatable bonds is 6. The summed E-state index contributed by atoms with van der Waals surface area (Å²) in [5.74, 6) is -2.23. The van der Waals surface area contributed by atoms with E-state index in [1.807, 2.05) is 31.2 Å². The van der Waals surface area contributed by atoms with Crippen molar-refractivity contribution in [1.82, 2.24) is 20.4 Å². The van der Waals surface area contributed by atoms with Crippen LogP contribution >= 0.6 is 0 Å². The van der Waals surface area contributed by atoms with Gasteiger partial charge in [0.25, 0.3) is 11.8 Å². The lowest BCUT2D eigenvalue weighted by Crippen LogP contribution is -2.38. The Bertz CT molecular complexity index is 2770. The molecule has 0 spiro atoms. The first kappa shape index (κ1) is 45.5. The highest BCUT2D eigenvalue weighted by Crippen LogP contribution is 2.44. The Labute approximate surface area is 372 Å². The third kappa shape index (κ3) is 8.49. The number of hydrogen-bond donors (Lipinski definition) is 2. The van der Waals surface area contributed by atoms with Gasteiger partial charge in [0.2, 0.25) is 0 Å².